The molecule has 0 aromatic heterocycles. The van der Waals surface area contributed by atoms with Crippen LogP contribution in [0.2, 0.25) is 5.02 Å². The van der Waals surface area contributed by atoms with Crippen molar-refractivity contribution in [3.05, 3.63) is 28.8 Å². The van der Waals surface area contributed by atoms with Gasteiger partial charge in [-0.25, -0.2) is 0 Å². The minimum atomic E-state index is 0.0782. The Labute approximate surface area is 111 Å². The quantitative estimate of drug-likeness (QED) is 0.207. The molecule has 0 fully saturated rings. The number of benzene rings is 1. The van der Waals surface area contributed by atoms with E-state index in [1.54, 1.807) is 17.8 Å². The van der Waals surface area contributed by atoms with Crippen molar-refractivity contribution < 1.29 is 5.21 Å². The van der Waals surface area contributed by atoms with Gasteiger partial charge in [0.05, 0.1) is 5.02 Å². The predicted molar refractivity (Wildman–Crippen MR) is 74.2 cm³/mol. The van der Waals surface area contributed by atoms with Crippen molar-refractivity contribution in [2.75, 3.05) is 5.75 Å². The zero-order valence-corrected chi connectivity index (χ0v) is 11.4. The highest BCUT2D eigenvalue weighted by atomic mass is 35.5. The second-order valence-electron chi connectivity index (χ2n) is 3.69. The van der Waals surface area contributed by atoms with Crippen molar-refractivity contribution in [2.45, 2.75) is 31.1 Å². The molecular formula is C12H17ClN2OS. The van der Waals surface area contributed by atoms with E-state index in [2.05, 4.69) is 12.1 Å². The molecule has 1 aromatic carbocycles. The van der Waals surface area contributed by atoms with Crippen LogP contribution >= 0.6 is 23.4 Å². The Morgan fingerprint density at radius 2 is 2.24 bits per heavy atom. The minimum Gasteiger partial charge on any atom is -0.409 e. The average molecular weight is 273 g/mol. The monoisotopic (exact) mass is 272 g/mol. The Morgan fingerprint density at radius 3 is 2.82 bits per heavy atom. The summed E-state index contributed by atoms with van der Waals surface area (Å²) in [5.41, 5.74) is 6.12. The zero-order valence-electron chi connectivity index (χ0n) is 9.82. The fraction of sp³-hybridized carbons (Fsp3) is 0.417. The molecule has 0 atom stereocenters. The molecule has 0 radical (unpaired) electrons. The number of halogens is 1. The highest BCUT2D eigenvalue weighted by molar-refractivity contribution is 7.99. The van der Waals surface area contributed by atoms with E-state index in [0.29, 0.717) is 10.6 Å². The van der Waals surface area contributed by atoms with E-state index >= 15 is 0 Å². The van der Waals surface area contributed by atoms with E-state index in [0.717, 1.165) is 10.6 Å². The lowest BCUT2D eigenvalue weighted by molar-refractivity contribution is 0.318. The van der Waals surface area contributed by atoms with Gasteiger partial charge in [-0.1, -0.05) is 36.5 Å². The maximum Gasteiger partial charge on any atom is 0.170 e. The number of hydrogen-bond donors (Lipinski definition) is 2. The highest BCUT2D eigenvalue weighted by Gasteiger charge is 2.05. The van der Waals surface area contributed by atoms with Crippen LogP contribution in [0.4, 0.5) is 0 Å². The van der Waals surface area contributed by atoms with E-state index in [-0.39, 0.29) is 5.84 Å². The van der Waals surface area contributed by atoms with Crippen LogP contribution < -0.4 is 5.73 Å². The Morgan fingerprint density at radius 1 is 1.47 bits per heavy atom. The van der Waals surface area contributed by atoms with E-state index in [9.17, 15) is 0 Å². The van der Waals surface area contributed by atoms with Gasteiger partial charge in [0.15, 0.2) is 5.84 Å². The molecular weight excluding hydrogens is 256 g/mol. The molecule has 0 saturated heterocycles. The summed E-state index contributed by atoms with van der Waals surface area (Å²) in [4.78, 5) is 1.04. The molecule has 0 spiro atoms. The van der Waals surface area contributed by atoms with Crippen molar-refractivity contribution in [3.8, 4) is 0 Å². The van der Waals surface area contributed by atoms with Crippen molar-refractivity contribution in [1.82, 2.24) is 0 Å². The van der Waals surface area contributed by atoms with Crippen molar-refractivity contribution >= 4 is 29.2 Å². The Bertz CT molecular complexity index is 396. The number of nitrogens with two attached hydrogens (primary N) is 1. The molecule has 0 bridgehead atoms. The summed E-state index contributed by atoms with van der Waals surface area (Å²) < 4.78 is 0. The molecule has 17 heavy (non-hydrogen) atoms. The molecule has 1 rings (SSSR count). The van der Waals surface area contributed by atoms with Gasteiger partial charge in [0.2, 0.25) is 0 Å². The largest absolute Gasteiger partial charge is 0.409 e. The van der Waals surface area contributed by atoms with Gasteiger partial charge in [-0.3, -0.25) is 0 Å². The van der Waals surface area contributed by atoms with Crippen LogP contribution in [0.25, 0.3) is 0 Å². The fourth-order valence-electron chi connectivity index (χ4n) is 1.37. The minimum absolute atomic E-state index is 0.0782. The first-order chi connectivity index (χ1) is 8.19. The maximum absolute atomic E-state index is 8.56. The molecule has 0 heterocycles. The van der Waals surface area contributed by atoms with E-state index < -0.39 is 0 Å². The molecule has 1 aromatic rings. The van der Waals surface area contributed by atoms with Gasteiger partial charge in [0.25, 0.3) is 0 Å². The summed E-state index contributed by atoms with van der Waals surface area (Å²) >= 11 is 7.87. The molecule has 0 aliphatic heterocycles. The normalized spacial score (nSPS) is 11.8. The summed E-state index contributed by atoms with van der Waals surface area (Å²) in [5, 5.41) is 12.2. The Hall–Kier alpha value is -0.870. The van der Waals surface area contributed by atoms with Gasteiger partial charge in [0, 0.05) is 10.5 Å². The van der Waals surface area contributed by atoms with Gasteiger partial charge < -0.3 is 10.9 Å². The van der Waals surface area contributed by atoms with Crippen LogP contribution in [0.3, 0.4) is 0 Å². The standard InChI is InChI=1S/C12H17ClN2OS/c1-2-3-4-7-17-11-6-5-9(8-10(11)13)12(14)15-16/h5-6,8,16H,2-4,7H2,1H3,(H2,14,15). The Kier molecular flexibility index (Phi) is 6.22. The van der Waals surface area contributed by atoms with E-state index in [4.69, 9.17) is 22.5 Å². The van der Waals surface area contributed by atoms with E-state index in [1.807, 2.05) is 12.1 Å². The molecule has 0 unspecified atom stereocenters. The summed E-state index contributed by atoms with van der Waals surface area (Å²) in [6, 6.07) is 5.44. The molecule has 3 nitrogen and oxygen atoms in total. The van der Waals surface area contributed by atoms with Crippen LogP contribution in [0.15, 0.2) is 28.3 Å². The first-order valence-electron chi connectivity index (χ1n) is 5.59. The van der Waals surface area contributed by atoms with Gasteiger partial charge in [-0.2, -0.15) is 0 Å². The third-order valence-electron chi connectivity index (χ3n) is 2.34. The van der Waals surface area contributed by atoms with Crippen LogP contribution in [-0.2, 0) is 0 Å². The third kappa shape index (κ3) is 4.48. The second kappa shape index (κ2) is 7.45. The molecule has 94 valence electrons. The van der Waals surface area contributed by atoms with E-state index in [1.165, 1.54) is 19.3 Å². The second-order valence-corrected chi connectivity index (χ2v) is 5.23. The number of oxime groups is 1. The van der Waals surface area contributed by atoms with Crippen LogP contribution in [0.1, 0.15) is 31.7 Å². The van der Waals surface area contributed by atoms with Crippen molar-refractivity contribution in [2.24, 2.45) is 10.9 Å². The molecule has 5 heteroatoms. The number of nitrogens with zero attached hydrogens (tertiary/aromatic N) is 1. The summed E-state index contributed by atoms with van der Waals surface area (Å²) in [6.07, 6.45) is 3.66. The van der Waals surface area contributed by atoms with Gasteiger partial charge in [0.1, 0.15) is 0 Å². The van der Waals surface area contributed by atoms with Crippen LogP contribution in [0, 0.1) is 0 Å². The number of unbranched alkanes of at least 4 members (excludes halogenated alkanes) is 2. The summed E-state index contributed by atoms with van der Waals surface area (Å²) in [6.45, 7) is 2.18. The number of hydrogen-bond acceptors (Lipinski definition) is 3. The molecule has 0 amide bonds. The Balaban J connectivity index is 2.63. The predicted octanol–water partition coefficient (Wildman–Crippen LogP) is 3.72. The van der Waals surface area contributed by atoms with Crippen molar-refractivity contribution in [1.29, 1.82) is 0 Å². The van der Waals surface area contributed by atoms with Gasteiger partial charge in [-0.15, -0.1) is 11.8 Å². The lowest BCUT2D eigenvalue weighted by Gasteiger charge is -2.06. The lowest BCUT2D eigenvalue weighted by Crippen LogP contribution is -2.12. The van der Waals surface area contributed by atoms with Crippen molar-refractivity contribution in [3.63, 3.8) is 0 Å². The molecule has 0 aliphatic carbocycles. The maximum atomic E-state index is 8.56. The first-order valence-corrected chi connectivity index (χ1v) is 6.95. The van der Waals surface area contributed by atoms with Gasteiger partial charge in [-0.05, 0) is 30.4 Å². The smallest absolute Gasteiger partial charge is 0.170 e. The fourth-order valence-corrected chi connectivity index (χ4v) is 2.64. The highest BCUT2D eigenvalue weighted by Crippen LogP contribution is 2.28. The zero-order chi connectivity index (χ0) is 12.7. The first kappa shape index (κ1) is 14.2. The molecule has 0 aliphatic rings. The topological polar surface area (TPSA) is 58.6 Å². The summed E-state index contributed by atoms with van der Waals surface area (Å²) in [5.74, 6) is 1.14. The summed E-state index contributed by atoms with van der Waals surface area (Å²) in [7, 11) is 0. The van der Waals surface area contributed by atoms with Gasteiger partial charge >= 0.3 is 0 Å². The van der Waals surface area contributed by atoms with Crippen LogP contribution in [-0.4, -0.2) is 16.8 Å². The molecule has 0 saturated carbocycles. The van der Waals surface area contributed by atoms with Crippen LogP contribution in [0.5, 0.6) is 0 Å². The number of thioether (sulfide) groups is 1. The number of rotatable bonds is 6. The number of amidine groups is 1. The third-order valence-corrected chi connectivity index (χ3v) is 3.93. The SMILES string of the molecule is CCCCCSc1ccc(/C(N)=N/O)cc1Cl. The molecule has 3 N–H and O–H groups in total. The lowest BCUT2D eigenvalue weighted by atomic mass is 10.2. The average Bonchev–Trinajstić information content (AvgIpc) is 2.35.